The Hall–Kier alpha value is -3.23. The summed E-state index contributed by atoms with van der Waals surface area (Å²) in [7, 11) is 0. The van der Waals surface area contributed by atoms with Crippen LogP contribution in [0.25, 0.3) is 33.1 Å². The van der Waals surface area contributed by atoms with Gasteiger partial charge in [-0.1, -0.05) is 30.3 Å². The van der Waals surface area contributed by atoms with E-state index in [1.165, 1.54) is 12.1 Å². The van der Waals surface area contributed by atoms with E-state index in [0.717, 1.165) is 21.5 Å². The largest absolute Gasteiger partial charge is 0.337 e. The van der Waals surface area contributed by atoms with Crippen molar-refractivity contribution in [3.8, 4) is 16.5 Å². The van der Waals surface area contributed by atoms with Crippen LogP contribution in [0.4, 0.5) is 4.39 Å². The molecule has 3 nitrogen and oxygen atoms in total. The van der Waals surface area contributed by atoms with Gasteiger partial charge in [0.25, 0.3) is 0 Å². The molecule has 0 aliphatic rings. The quantitative estimate of drug-likeness (QED) is 0.499. The minimum atomic E-state index is -0.366. The van der Waals surface area contributed by atoms with Gasteiger partial charge in [0, 0.05) is 10.4 Å². The standard InChI is InChI=1S/C20H12FN3S/c21-16-11-14(19-6-3-9-25-19)8-7-13(16)10-15(12-22)20-23-17-4-1-2-5-18(17)24-20/h1-11H,(H,23,24). The molecule has 0 bridgehead atoms. The molecule has 0 saturated heterocycles. The Bertz CT molecular complexity index is 1080. The Kier molecular flexibility index (Phi) is 3.88. The van der Waals surface area contributed by atoms with Crippen molar-refractivity contribution in [1.82, 2.24) is 9.97 Å². The monoisotopic (exact) mass is 345 g/mol. The summed E-state index contributed by atoms with van der Waals surface area (Å²) in [5.74, 6) is 0.0696. The van der Waals surface area contributed by atoms with Gasteiger partial charge in [0.2, 0.25) is 0 Å². The number of allylic oxidation sites excluding steroid dienone is 1. The van der Waals surface area contributed by atoms with Crippen molar-refractivity contribution in [3.63, 3.8) is 0 Å². The van der Waals surface area contributed by atoms with Gasteiger partial charge in [0.05, 0.1) is 16.6 Å². The fourth-order valence-corrected chi connectivity index (χ4v) is 3.35. The molecule has 0 unspecified atom stereocenters. The third kappa shape index (κ3) is 2.95. The molecule has 4 rings (SSSR count). The van der Waals surface area contributed by atoms with Crippen LogP contribution in [0, 0.1) is 17.1 Å². The van der Waals surface area contributed by atoms with Crippen molar-refractivity contribution in [2.24, 2.45) is 0 Å². The maximum Gasteiger partial charge on any atom is 0.149 e. The number of para-hydroxylation sites is 2. The van der Waals surface area contributed by atoms with Crippen molar-refractivity contribution in [2.75, 3.05) is 0 Å². The first-order valence-electron chi connectivity index (χ1n) is 7.65. The molecule has 0 atom stereocenters. The van der Waals surface area contributed by atoms with Crippen LogP contribution in [0.15, 0.2) is 60.0 Å². The molecule has 0 saturated carbocycles. The van der Waals surface area contributed by atoms with E-state index in [2.05, 4.69) is 16.0 Å². The van der Waals surface area contributed by atoms with Crippen molar-refractivity contribution in [3.05, 3.63) is 77.2 Å². The van der Waals surface area contributed by atoms with Crippen LogP contribution in [-0.4, -0.2) is 9.97 Å². The molecule has 0 amide bonds. The van der Waals surface area contributed by atoms with Gasteiger partial charge in [-0.05, 0) is 41.3 Å². The highest BCUT2D eigenvalue weighted by atomic mass is 32.1. The zero-order valence-corrected chi connectivity index (χ0v) is 13.8. The second kappa shape index (κ2) is 6.34. The molecule has 5 heteroatoms. The summed E-state index contributed by atoms with van der Waals surface area (Å²) in [6.45, 7) is 0. The number of hydrogen-bond acceptors (Lipinski definition) is 3. The Morgan fingerprint density at radius 3 is 2.76 bits per heavy atom. The van der Waals surface area contributed by atoms with Crippen LogP contribution >= 0.6 is 11.3 Å². The summed E-state index contributed by atoms with van der Waals surface area (Å²) in [5.41, 5.74) is 3.09. The Labute approximate surface area is 147 Å². The molecular formula is C20H12FN3S. The van der Waals surface area contributed by atoms with Crippen LogP contribution in [0.1, 0.15) is 11.4 Å². The Morgan fingerprint density at radius 1 is 1.16 bits per heavy atom. The second-order valence-electron chi connectivity index (χ2n) is 5.49. The van der Waals surface area contributed by atoms with E-state index in [0.29, 0.717) is 17.0 Å². The number of thiophene rings is 1. The van der Waals surface area contributed by atoms with E-state index >= 15 is 0 Å². The van der Waals surface area contributed by atoms with Crippen LogP contribution in [0.2, 0.25) is 0 Å². The number of imidazole rings is 1. The maximum absolute atomic E-state index is 14.5. The SMILES string of the molecule is N#CC(=Cc1ccc(-c2cccs2)cc1F)c1nc2ccccc2[nH]1. The number of fused-ring (bicyclic) bond motifs is 1. The van der Waals surface area contributed by atoms with Gasteiger partial charge in [0.15, 0.2) is 0 Å². The number of aromatic amines is 1. The summed E-state index contributed by atoms with van der Waals surface area (Å²) in [4.78, 5) is 8.50. The average Bonchev–Trinajstić information content (AvgIpc) is 3.30. The third-order valence-electron chi connectivity index (χ3n) is 3.87. The van der Waals surface area contributed by atoms with Gasteiger partial charge >= 0.3 is 0 Å². The molecule has 2 aromatic heterocycles. The van der Waals surface area contributed by atoms with Gasteiger partial charge in [0.1, 0.15) is 17.7 Å². The smallest absolute Gasteiger partial charge is 0.149 e. The molecule has 4 aromatic rings. The van der Waals surface area contributed by atoms with Gasteiger partial charge in [-0.2, -0.15) is 5.26 Å². The number of rotatable bonds is 3. The fraction of sp³-hybridized carbons (Fsp3) is 0. The summed E-state index contributed by atoms with van der Waals surface area (Å²) < 4.78 is 14.5. The minimum absolute atomic E-state index is 0.291. The number of nitrogens with one attached hydrogen (secondary N) is 1. The summed E-state index contributed by atoms with van der Waals surface area (Å²) >= 11 is 1.56. The first kappa shape index (κ1) is 15.3. The number of aromatic nitrogens is 2. The van der Waals surface area contributed by atoms with Crippen molar-refractivity contribution >= 4 is 34.0 Å². The highest BCUT2D eigenvalue weighted by Gasteiger charge is 2.10. The van der Waals surface area contributed by atoms with E-state index in [4.69, 9.17) is 0 Å². The predicted molar refractivity (Wildman–Crippen MR) is 99.3 cm³/mol. The highest BCUT2D eigenvalue weighted by Crippen LogP contribution is 2.27. The van der Waals surface area contributed by atoms with E-state index in [1.54, 1.807) is 17.4 Å². The van der Waals surface area contributed by atoms with Crippen LogP contribution in [0.5, 0.6) is 0 Å². The maximum atomic E-state index is 14.5. The van der Waals surface area contributed by atoms with Crippen LogP contribution in [-0.2, 0) is 0 Å². The number of halogens is 1. The third-order valence-corrected chi connectivity index (χ3v) is 4.79. The van der Waals surface area contributed by atoms with Gasteiger partial charge in [-0.25, -0.2) is 9.37 Å². The molecule has 0 aliphatic carbocycles. The molecule has 0 radical (unpaired) electrons. The molecule has 25 heavy (non-hydrogen) atoms. The molecule has 120 valence electrons. The number of nitrogens with zero attached hydrogens (tertiary/aromatic N) is 2. The van der Waals surface area contributed by atoms with Crippen molar-refractivity contribution < 1.29 is 4.39 Å². The Morgan fingerprint density at radius 2 is 2.04 bits per heavy atom. The molecular weight excluding hydrogens is 333 g/mol. The summed E-state index contributed by atoms with van der Waals surface area (Å²) in [6, 6.07) is 18.5. The second-order valence-corrected chi connectivity index (χ2v) is 6.43. The fourth-order valence-electron chi connectivity index (χ4n) is 2.63. The Balaban J connectivity index is 1.74. The highest BCUT2D eigenvalue weighted by molar-refractivity contribution is 7.13. The molecule has 2 heterocycles. The van der Waals surface area contributed by atoms with E-state index in [-0.39, 0.29) is 5.82 Å². The summed E-state index contributed by atoms with van der Waals surface area (Å²) in [5, 5.41) is 11.4. The molecule has 0 aliphatic heterocycles. The zero-order valence-electron chi connectivity index (χ0n) is 13.0. The van der Waals surface area contributed by atoms with Crippen LogP contribution in [0.3, 0.4) is 0 Å². The number of H-pyrrole nitrogens is 1. The minimum Gasteiger partial charge on any atom is -0.337 e. The van der Waals surface area contributed by atoms with Gasteiger partial charge in [-0.3, -0.25) is 0 Å². The number of nitriles is 1. The normalized spacial score (nSPS) is 11.6. The van der Waals surface area contributed by atoms with Crippen molar-refractivity contribution in [2.45, 2.75) is 0 Å². The molecule has 1 N–H and O–H groups in total. The van der Waals surface area contributed by atoms with E-state index in [9.17, 15) is 9.65 Å². The van der Waals surface area contributed by atoms with Crippen LogP contribution < -0.4 is 0 Å². The lowest BCUT2D eigenvalue weighted by molar-refractivity contribution is 0.625. The summed E-state index contributed by atoms with van der Waals surface area (Å²) in [6.07, 6.45) is 1.52. The molecule has 2 aromatic carbocycles. The van der Waals surface area contributed by atoms with E-state index in [1.807, 2.05) is 47.8 Å². The lowest BCUT2D eigenvalue weighted by atomic mass is 10.1. The van der Waals surface area contributed by atoms with Gasteiger partial charge in [-0.15, -0.1) is 11.3 Å². The first-order chi connectivity index (χ1) is 12.2. The lowest BCUT2D eigenvalue weighted by Crippen LogP contribution is -1.88. The van der Waals surface area contributed by atoms with E-state index < -0.39 is 0 Å². The average molecular weight is 345 g/mol. The first-order valence-corrected chi connectivity index (χ1v) is 8.53. The molecule has 0 spiro atoms. The molecule has 0 fully saturated rings. The number of benzene rings is 2. The topological polar surface area (TPSA) is 52.5 Å². The van der Waals surface area contributed by atoms with Crippen molar-refractivity contribution in [1.29, 1.82) is 5.26 Å². The zero-order chi connectivity index (χ0) is 17.2. The number of hydrogen-bond donors (Lipinski definition) is 1. The van der Waals surface area contributed by atoms with Gasteiger partial charge < -0.3 is 4.98 Å². The predicted octanol–water partition coefficient (Wildman–Crippen LogP) is 5.49. The lowest BCUT2D eigenvalue weighted by Gasteiger charge is -2.02.